The Kier molecular flexibility index (Phi) is 5.33. The molecule has 0 radical (unpaired) electrons. The van der Waals surface area contributed by atoms with Crippen LogP contribution in [-0.4, -0.2) is 21.1 Å². The van der Waals surface area contributed by atoms with Crippen molar-refractivity contribution in [1.82, 2.24) is 10.2 Å². The van der Waals surface area contributed by atoms with Crippen molar-refractivity contribution in [3.05, 3.63) is 80.5 Å². The van der Waals surface area contributed by atoms with Crippen LogP contribution in [0.1, 0.15) is 40.2 Å². The van der Waals surface area contributed by atoms with Gasteiger partial charge in [0.05, 0.1) is 10.5 Å². The molecule has 3 aromatic rings. The summed E-state index contributed by atoms with van der Waals surface area (Å²) in [5.41, 5.74) is 1.76. The standard InChI is InChI=1S/C21H16ClN3O5/c1-12-4-2-7-16(13-8-9-13)19(12)30-20-17(11-18(22)23-24-20)29-21(26)14-5-3-6-15(10-14)25(27)28/h2-7,10-11,13H,8-9H2,1H3. The van der Waals surface area contributed by atoms with Crippen LogP contribution in [0.3, 0.4) is 0 Å². The van der Waals surface area contributed by atoms with Crippen molar-refractivity contribution in [1.29, 1.82) is 0 Å². The Morgan fingerprint density at radius 1 is 1.17 bits per heavy atom. The molecule has 0 saturated heterocycles. The lowest BCUT2D eigenvalue weighted by atomic mass is 10.1. The second-order valence-corrected chi connectivity index (χ2v) is 7.29. The van der Waals surface area contributed by atoms with Gasteiger partial charge in [0, 0.05) is 18.2 Å². The number of rotatable bonds is 6. The van der Waals surface area contributed by atoms with Gasteiger partial charge in [-0.1, -0.05) is 35.9 Å². The number of nitrogens with zero attached hydrogens (tertiary/aromatic N) is 3. The largest absolute Gasteiger partial charge is 0.434 e. The second kappa shape index (κ2) is 8.08. The first-order valence-corrected chi connectivity index (χ1v) is 9.57. The Labute approximate surface area is 176 Å². The summed E-state index contributed by atoms with van der Waals surface area (Å²) in [6, 6.07) is 12.4. The first-order chi connectivity index (χ1) is 14.4. The summed E-state index contributed by atoms with van der Waals surface area (Å²) in [6.07, 6.45) is 2.17. The van der Waals surface area contributed by atoms with E-state index >= 15 is 0 Å². The number of para-hydroxylation sites is 1. The summed E-state index contributed by atoms with van der Waals surface area (Å²) in [6.45, 7) is 1.92. The van der Waals surface area contributed by atoms with Gasteiger partial charge in [-0.3, -0.25) is 10.1 Å². The molecule has 0 amide bonds. The van der Waals surface area contributed by atoms with Crippen LogP contribution in [-0.2, 0) is 0 Å². The first kappa shape index (κ1) is 19.8. The predicted molar refractivity (Wildman–Crippen MR) is 108 cm³/mol. The number of hydrogen-bond acceptors (Lipinski definition) is 7. The number of benzene rings is 2. The highest BCUT2D eigenvalue weighted by molar-refractivity contribution is 6.29. The zero-order valence-corrected chi connectivity index (χ0v) is 16.6. The van der Waals surface area contributed by atoms with Gasteiger partial charge >= 0.3 is 5.97 Å². The van der Waals surface area contributed by atoms with Gasteiger partial charge in [-0.05, 0) is 42.9 Å². The fourth-order valence-corrected chi connectivity index (χ4v) is 3.15. The molecule has 152 valence electrons. The number of aryl methyl sites for hydroxylation is 1. The molecule has 0 bridgehead atoms. The maximum absolute atomic E-state index is 12.6. The van der Waals surface area contributed by atoms with E-state index in [0.717, 1.165) is 30.0 Å². The van der Waals surface area contributed by atoms with Gasteiger partial charge in [0.2, 0.25) is 0 Å². The average molecular weight is 426 g/mol. The Morgan fingerprint density at radius 3 is 2.67 bits per heavy atom. The van der Waals surface area contributed by atoms with Gasteiger partial charge in [0.15, 0.2) is 10.9 Å². The van der Waals surface area contributed by atoms with Crippen molar-refractivity contribution < 1.29 is 19.2 Å². The predicted octanol–water partition coefficient (Wildman–Crippen LogP) is 5.24. The van der Waals surface area contributed by atoms with Crippen LogP contribution in [0.15, 0.2) is 48.5 Å². The maximum atomic E-state index is 12.6. The molecule has 8 nitrogen and oxygen atoms in total. The topological polar surface area (TPSA) is 104 Å². The number of hydrogen-bond donors (Lipinski definition) is 0. The summed E-state index contributed by atoms with van der Waals surface area (Å²) in [5, 5.41) is 18.7. The molecule has 1 aliphatic carbocycles. The van der Waals surface area contributed by atoms with Gasteiger partial charge in [-0.25, -0.2) is 4.79 Å². The summed E-state index contributed by atoms with van der Waals surface area (Å²) in [5.74, 6) is 0.214. The highest BCUT2D eigenvalue weighted by atomic mass is 35.5. The van der Waals surface area contributed by atoms with E-state index in [-0.39, 0.29) is 28.0 Å². The van der Waals surface area contributed by atoms with Crippen LogP contribution >= 0.6 is 11.6 Å². The van der Waals surface area contributed by atoms with Crippen LogP contribution in [0.5, 0.6) is 17.4 Å². The molecule has 0 atom stereocenters. The molecule has 1 aromatic heterocycles. The molecule has 1 fully saturated rings. The van der Waals surface area contributed by atoms with Crippen LogP contribution < -0.4 is 9.47 Å². The van der Waals surface area contributed by atoms with E-state index in [1.165, 1.54) is 24.3 Å². The number of aromatic nitrogens is 2. The van der Waals surface area contributed by atoms with Crippen molar-refractivity contribution in [2.24, 2.45) is 0 Å². The molecule has 1 heterocycles. The number of nitro benzene ring substituents is 1. The number of non-ortho nitro benzene ring substituents is 1. The summed E-state index contributed by atoms with van der Waals surface area (Å²) in [7, 11) is 0. The van der Waals surface area contributed by atoms with Crippen molar-refractivity contribution in [2.75, 3.05) is 0 Å². The Morgan fingerprint density at radius 2 is 1.93 bits per heavy atom. The van der Waals surface area contributed by atoms with Gasteiger partial charge < -0.3 is 9.47 Å². The zero-order valence-electron chi connectivity index (χ0n) is 15.9. The van der Waals surface area contributed by atoms with E-state index in [2.05, 4.69) is 10.2 Å². The van der Waals surface area contributed by atoms with Crippen LogP contribution in [0, 0.1) is 17.0 Å². The molecule has 9 heteroatoms. The molecule has 0 aliphatic heterocycles. The number of ether oxygens (including phenoxy) is 2. The highest BCUT2D eigenvalue weighted by Crippen LogP contribution is 2.46. The van der Waals surface area contributed by atoms with E-state index in [9.17, 15) is 14.9 Å². The van der Waals surface area contributed by atoms with Crippen molar-refractivity contribution >= 4 is 23.3 Å². The third-order valence-electron chi connectivity index (χ3n) is 4.65. The van der Waals surface area contributed by atoms with Crippen molar-refractivity contribution in [3.63, 3.8) is 0 Å². The second-order valence-electron chi connectivity index (χ2n) is 6.90. The number of halogens is 1. The molecule has 0 N–H and O–H groups in total. The molecule has 1 aliphatic rings. The van der Waals surface area contributed by atoms with Crippen LogP contribution in [0.2, 0.25) is 5.15 Å². The third-order valence-corrected chi connectivity index (χ3v) is 4.84. The third kappa shape index (κ3) is 4.23. The SMILES string of the molecule is Cc1cccc(C2CC2)c1Oc1nnc(Cl)cc1OC(=O)c1cccc([N+](=O)[O-])c1. The van der Waals surface area contributed by atoms with Crippen LogP contribution in [0.25, 0.3) is 0 Å². The van der Waals surface area contributed by atoms with E-state index in [1.54, 1.807) is 0 Å². The molecular weight excluding hydrogens is 410 g/mol. The average Bonchev–Trinajstić information content (AvgIpc) is 3.56. The minimum absolute atomic E-state index is 0.0105. The molecule has 1 saturated carbocycles. The lowest BCUT2D eigenvalue weighted by molar-refractivity contribution is -0.384. The normalized spacial score (nSPS) is 13.0. The summed E-state index contributed by atoms with van der Waals surface area (Å²) < 4.78 is 11.4. The maximum Gasteiger partial charge on any atom is 0.343 e. The van der Waals surface area contributed by atoms with Gasteiger partial charge in [-0.2, -0.15) is 0 Å². The molecule has 0 spiro atoms. The number of carbonyl (C=O) groups excluding carboxylic acids is 1. The van der Waals surface area contributed by atoms with Crippen LogP contribution in [0.4, 0.5) is 5.69 Å². The minimum atomic E-state index is -0.806. The molecule has 4 rings (SSSR count). The molecular formula is C21H16ClN3O5. The van der Waals surface area contributed by atoms with E-state index in [4.69, 9.17) is 21.1 Å². The van der Waals surface area contributed by atoms with Crippen molar-refractivity contribution in [3.8, 4) is 17.4 Å². The molecule has 2 aromatic carbocycles. The summed E-state index contributed by atoms with van der Waals surface area (Å²) in [4.78, 5) is 22.9. The summed E-state index contributed by atoms with van der Waals surface area (Å²) >= 11 is 5.93. The lowest BCUT2D eigenvalue weighted by Crippen LogP contribution is -2.10. The number of nitro groups is 1. The fraction of sp³-hybridized carbons (Fsp3) is 0.190. The van der Waals surface area contributed by atoms with E-state index < -0.39 is 10.9 Å². The zero-order chi connectivity index (χ0) is 21.3. The Balaban J connectivity index is 1.64. The van der Waals surface area contributed by atoms with E-state index in [1.807, 2.05) is 25.1 Å². The van der Waals surface area contributed by atoms with Gasteiger partial charge in [0.1, 0.15) is 5.75 Å². The van der Waals surface area contributed by atoms with Crippen molar-refractivity contribution in [2.45, 2.75) is 25.7 Å². The molecule has 0 unspecified atom stereocenters. The Bertz CT molecular complexity index is 1150. The van der Waals surface area contributed by atoms with Gasteiger partial charge in [0.25, 0.3) is 11.6 Å². The van der Waals surface area contributed by atoms with Gasteiger partial charge in [-0.15, -0.1) is 10.2 Å². The smallest absolute Gasteiger partial charge is 0.343 e. The Hall–Kier alpha value is -3.52. The molecule has 30 heavy (non-hydrogen) atoms. The van der Waals surface area contributed by atoms with E-state index in [0.29, 0.717) is 11.7 Å². The monoisotopic (exact) mass is 425 g/mol. The lowest BCUT2D eigenvalue weighted by Gasteiger charge is -2.14. The number of carbonyl (C=O) groups is 1. The minimum Gasteiger partial charge on any atom is -0.434 e. The quantitative estimate of drug-likeness (QED) is 0.302. The highest BCUT2D eigenvalue weighted by Gasteiger charge is 2.28. The number of esters is 1. The fourth-order valence-electron chi connectivity index (χ4n) is 3.02. The first-order valence-electron chi connectivity index (χ1n) is 9.19.